The zero-order chi connectivity index (χ0) is 16.4. The van der Waals surface area contributed by atoms with Crippen LogP contribution in [-0.2, 0) is 11.3 Å². The molecule has 2 aromatic rings. The second-order valence-corrected chi connectivity index (χ2v) is 5.94. The minimum atomic E-state index is -0.259. The first kappa shape index (κ1) is 15.7. The lowest BCUT2D eigenvalue weighted by Crippen LogP contribution is -2.41. The first-order valence-corrected chi connectivity index (χ1v) is 7.84. The quantitative estimate of drug-likeness (QED) is 0.872. The van der Waals surface area contributed by atoms with Crippen LogP contribution in [0, 0.1) is 19.7 Å². The number of hydrogen-bond acceptors (Lipinski definition) is 2. The molecule has 1 fully saturated rings. The second kappa shape index (κ2) is 6.54. The number of amides is 1. The molecule has 0 N–H and O–H groups in total. The fourth-order valence-electron chi connectivity index (χ4n) is 3.07. The standard InChI is InChI=1S/C18H21FN2O2/c1-13-10-14(2)21(12-15-4-3-5-16(19)11-15)17(13)18(22)20-6-8-23-9-7-20/h3-5,10-11H,6-9,12H2,1-2H3. The van der Waals surface area contributed by atoms with Gasteiger partial charge >= 0.3 is 0 Å². The van der Waals surface area contributed by atoms with E-state index in [1.807, 2.05) is 35.4 Å². The van der Waals surface area contributed by atoms with Gasteiger partial charge < -0.3 is 14.2 Å². The summed E-state index contributed by atoms with van der Waals surface area (Å²) in [4.78, 5) is 14.7. The van der Waals surface area contributed by atoms with Gasteiger partial charge in [-0.15, -0.1) is 0 Å². The molecule has 0 atom stereocenters. The molecule has 5 heteroatoms. The molecule has 0 bridgehead atoms. The van der Waals surface area contributed by atoms with Gasteiger partial charge in [0.25, 0.3) is 5.91 Å². The van der Waals surface area contributed by atoms with Crippen molar-refractivity contribution < 1.29 is 13.9 Å². The minimum Gasteiger partial charge on any atom is -0.378 e. The topological polar surface area (TPSA) is 34.5 Å². The van der Waals surface area contributed by atoms with E-state index in [9.17, 15) is 9.18 Å². The van der Waals surface area contributed by atoms with Crippen LogP contribution in [0.2, 0.25) is 0 Å². The van der Waals surface area contributed by atoms with Gasteiger partial charge in [0.2, 0.25) is 0 Å². The van der Waals surface area contributed by atoms with Crippen molar-refractivity contribution in [1.82, 2.24) is 9.47 Å². The van der Waals surface area contributed by atoms with Crippen LogP contribution in [0.5, 0.6) is 0 Å². The number of morpholine rings is 1. The van der Waals surface area contributed by atoms with Gasteiger partial charge in [-0.3, -0.25) is 4.79 Å². The van der Waals surface area contributed by atoms with Gasteiger partial charge in [0.1, 0.15) is 11.5 Å². The number of halogens is 1. The molecule has 1 aliphatic heterocycles. The van der Waals surface area contributed by atoms with Crippen LogP contribution in [0.3, 0.4) is 0 Å². The van der Waals surface area contributed by atoms with E-state index >= 15 is 0 Å². The summed E-state index contributed by atoms with van der Waals surface area (Å²) < 4.78 is 20.7. The third-order valence-electron chi connectivity index (χ3n) is 4.23. The Bertz CT molecular complexity index is 718. The lowest BCUT2D eigenvalue weighted by molar-refractivity contribution is 0.0295. The Balaban J connectivity index is 1.92. The normalized spacial score (nSPS) is 15.0. The van der Waals surface area contributed by atoms with Crippen LogP contribution >= 0.6 is 0 Å². The van der Waals surface area contributed by atoms with E-state index in [0.717, 1.165) is 16.8 Å². The molecule has 0 aliphatic carbocycles. The molecule has 1 aromatic heterocycles. The molecule has 4 nitrogen and oxygen atoms in total. The molecule has 1 aliphatic rings. The smallest absolute Gasteiger partial charge is 0.270 e. The van der Waals surface area contributed by atoms with Crippen molar-refractivity contribution in [2.75, 3.05) is 26.3 Å². The summed E-state index contributed by atoms with van der Waals surface area (Å²) in [5, 5.41) is 0. The van der Waals surface area contributed by atoms with Crippen molar-refractivity contribution in [1.29, 1.82) is 0 Å². The van der Waals surface area contributed by atoms with Gasteiger partial charge in [-0.1, -0.05) is 12.1 Å². The van der Waals surface area contributed by atoms with Crippen LogP contribution < -0.4 is 0 Å². The number of carbonyl (C=O) groups excluding carboxylic acids is 1. The number of aromatic nitrogens is 1. The maximum absolute atomic E-state index is 13.4. The van der Waals surface area contributed by atoms with Gasteiger partial charge in [0.05, 0.1) is 13.2 Å². The summed E-state index contributed by atoms with van der Waals surface area (Å²) in [6.07, 6.45) is 0. The molecule has 2 heterocycles. The predicted molar refractivity (Wildman–Crippen MR) is 86.1 cm³/mol. The van der Waals surface area contributed by atoms with Crippen molar-refractivity contribution in [3.63, 3.8) is 0 Å². The Morgan fingerprint density at radius 1 is 1.22 bits per heavy atom. The number of nitrogens with zero attached hydrogens (tertiary/aromatic N) is 2. The Kier molecular flexibility index (Phi) is 4.48. The molecule has 0 radical (unpaired) electrons. The van der Waals surface area contributed by atoms with Gasteiger partial charge in [0, 0.05) is 25.3 Å². The zero-order valence-electron chi connectivity index (χ0n) is 13.5. The van der Waals surface area contributed by atoms with E-state index in [0.29, 0.717) is 38.5 Å². The van der Waals surface area contributed by atoms with Crippen LogP contribution in [0.1, 0.15) is 27.3 Å². The zero-order valence-corrected chi connectivity index (χ0v) is 13.5. The highest BCUT2D eigenvalue weighted by atomic mass is 19.1. The monoisotopic (exact) mass is 316 g/mol. The van der Waals surface area contributed by atoms with Crippen LogP contribution in [0.4, 0.5) is 4.39 Å². The highest BCUT2D eigenvalue weighted by molar-refractivity contribution is 5.94. The third kappa shape index (κ3) is 3.29. The molecule has 0 unspecified atom stereocenters. The summed E-state index contributed by atoms with van der Waals surface area (Å²) in [6, 6.07) is 8.52. The van der Waals surface area contributed by atoms with E-state index < -0.39 is 0 Å². The molecule has 0 spiro atoms. The highest BCUT2D eigenvalue weighted by Gasteiger charge is 2.24. The summed E-state index contributed by atoms with van der Waals surface area (Å²) >= 11 is 0. The van der Waals surface area contributed by atoms with Crippen LogP contribution in [0.25, 0.3) is 0 Å². The summed E-state index contributed by atoms with van der Waals surface area (Å²) in [6.45, 7) is 6.79. The second-order valence-electron chi connectivity index (χ2n) is 5.94. The minimum absolute atomic E-state index is 0.0234. The fraction of sp³-hybridized carbons (Fsp3) is 0.389. The summed E-state index contributed by atoms with van der Waals surface area (Å²) in [5.74, 6) is -0.236. The number of hydrogen-bond donors (Lipinski definition) is 0. The summed E-state index contributed by atoms with van der Waals surface area (Å²) in [5.41, 5.74) is 3.49. The van der Waals surface area contributed by atoms with Crippen molar-refractivity contribution in [2.24, 2.45) is 0 Å². The maximum Gasteiger partial charge on any atom is 0.270 e. The van der Waals surface area contributed by atoms with E-state index in [-0.39, 0.29) is 11.7 Å². The van der Waals surface area contributed by atoms with Crippen molar-refractivity contribution in [3.8, 4) is 0 Å². The number of rotatable bonds is 3. The number of ether oxygens (including phenoxy) is 1. The molecule has 23 heavy (non-hydrogen) atoms. The van der Waals surface area contributed by atoms with E-state index in [2.05, 4.69) is 0 Å². The molecule has 1 amide bonds. The molecule has 0 saturated carbocycles. The molecule has 1 saturated heterocycles. The van der Waals surface area contributed by atoms with Gasteiger partial charge in [-0.05, 0) is 43.2 Å². The maximum atomic E-state index is 13.4. The Hall–Kier alpha value is -2.14. The van der Waals surface area contributed by atoms with Gasteiger partial charge in [-0.2, -0.15) is 0 Å². The Labute approximate surface area is 135 Å². The van der Waals surface area contributed by atoms with Crippen LogP contribution in [-0.4, -0.2) is 41.7 Å². The fourth-order valence-corrected chi connectivity index (χ4v) is 3.07. The highest BCUT2D eigenvalue weighted by Crippen LogP contribution is 2.20. The number of benzene rings is 1. The molecule has 1 aromatic carbocycles. The average molecular weight is 316 g/mol. The lowest BCUT2D eigenvalue weighted by atomic mass is 10.2. The number of aryl methyl sites for hydroxylation is 2. The SMILES string of the molecule is Cc1cc(C)n(Cc2cccc(F)c2)c1C(=O)N1CCOCC1. The Morgan fingerprint density at radius 3 is 2.65 bits per heavy atom. The number of carbonyl (C=O) groups is 1. The third-order valence-corrected chi connectivity index (χ3v) is 4.23. The first-order chi connectivity index (χ1) is 11.1. The average Bonchev–Trinajstić information content (AvgIpc) is 2.81. The van der Waals surface area contributed by atoms with Crippen molar-refractivity contribution in [2.45, 2.75) is 20.4 Å². The van der Waals surface area contributed by atoms with Gasteiger partial charge in [0.15, 0.2) is 0 Å². The van der Waals surface area contributed by atoms with Crippen molar-refractivity contribution in [3.05, 3.63) is 58.7 Å². The summed E-state index contributed by atoms with van der Waals surface area (Å²) in [7, 11) is 0. The van der Waals surface area contributed by atoms with E-state index in [4.69, 9.17) is 4.74 Å². The van der Waals surface area contributed by atoms with Crippen molar-refractivity contribution >= 4 is 5.91 Å². The Morgan fingerprint density at radius 2 is 1.96 bits per heavy atom. The van der Waals surface area contributed by atoms with E-state index in [1.54, 1.807) is 6.07 Å². The van der Waals surface area contributed by atoms with Gasteiger partial charge in [-0.25, -0.2) is 4.39 Å². The molecule has 3 rings (SSSR count). The molecular weight excluding hydrogens is 295 g/mol. The first-order valence-electron chi connectivity index (χ1n) is 7.84. The molecule has 122 valence electrons. The van der Waals surface area contributed by atoms with E-state index in [1.165, 1.54) is 12.1 Å². The predicted octanol–water partition coefficient (Wildman–Crippen LogP) is 2.76. The molecular formula is C18H21FN2O2. The van der Waals surface area contributed by atoms with Crippen LogP contribution in [0.15, 0.2) is 30.3 Å². The largest absolute Gasteiger partial charge is 0.378 e. The lowest BCUT2D eigenvalue weighted by Gasteiger charge is -2.27.